The van der Waals surface area contributed by atoms with E-state index in [0.29, 0.717) is 6.10 Å². The van der Waals surface area contributed by atoms with Crippen molar-refractivity contribution in [3.8, 4) is 5.88 Å². The van der Waals surface area contributed by atoms with Crippen molar-refractivity contribution in [1.82, 2.24) is 15.1 Å². The van der Waals surface area contributed by atoms with Gasteiger partial charge in [0.15, 0.2) is 0 Å². The maximum absolute atomic E-state index is 5.64. The number of rotatable bonds is 9. The first kappa shape index (κ1) is 16.3. The van der Waals surface area contributed by atoms with E-state index in [4.69, 9.17) is 14.2 Å². The van der Waals surface area contributed by atoms with Crippen LogP contribution in [-0.4, -0.2) is 49.4 Å². The van der Waals surface area contributed by atoms with Crippen molar-refractivity contribution in [2.24, 2.45) is 7.05 Å². The Hall–Kier alpha value is -1.11. The van der Waals surface area contributed by atoms with Gasteiger partial charge in [-0.2, -0.15) is 5.10 Å². The van der Waals surface area contributed by atoms with Crippen molar-refractivity contribution in [3.05, 3.63) is 11.3 Å². The van der Waals surface area contributed by atoms with E-state index in [0.717, 1.165) is 62.9 Å². The number of nitrogens with zero attached hydrogens (tertiary/aromatic N) is 2. The molecule has 120 valence electrons. The average Bonchev–Trinajstić information content (AvgIpc) is 3.06. The molecule has 21 heavy (non-hydrogen) atoms. The maximum Gasteiger partial charge on any atom is 0.216 e. The Labute approximate surface area is 126 Å². The first-order chi connectivity index (χ1) is 10.2. The fourth-order valence-corrected chi connectivity index (χ4v) is 2.64. The third kappa shape index (κ3) is 4.69. The highest BCUT2D eigenvalue weighted by Crippen LogP contribution is 2.20. The van der Waals surface area contributed by atoms with Gasteiger partial charge >= 0.3 is 0 Å². The Bertz CT molecular complexity index is 428. The van der Waals surface area contributed by atoms with Crippen LogP contribution in [0, 0.1) is 6.92 Å². The van der Waals surface area contributed by atoms with Gasteiger partial charge in [0, 0.05) is 26.8 Å². The zero-order valence-corrected chi connectivity index (χ0v) is 13.4. The minimum atomic E-state index is 0.320. The second kappa shape index (κ2) is 8.36. The van der Waals surface area contributed by atoms with Crippen LogP contribution in [0.15, 0.2) is 0 Å². The standard InChI is InChI=1S/C15H27N3O3/c1-12-14(15(19-3)18(2)17-12)10-16-7-5-8-20-11-13-6-4-9-21-13/h13,16H,4-11H2,1-3H3. The molecule has 2 rings (SSSR count). The second-order valence-corrected chi connectivity index (χ2v) is 5.44. The SMILES string of the molecule is COc1c(CNCCCOCC2CCCO2)c(C)nn1C. The third-order valence-corrected chi connectivity index (χ3v) is 3.75. The lowest BCUT2D eigenvalue weighted by Gasteiger charge is -2.10. The van der Waals surface area contributed by atoms with Gasteiger partial charge in [0.25, 0.3) is 0 Å². The van der Waals surface area contributed by atoms with Gasteiger partial charge in [-0.25, -0.2) is 4.68 Å². The molecule has 0 aliphatic carbocycles. The molecule has 1 atom stereocenters. The van der Waals surface area contributed by atoms with E-state index in [9.17, 15) is 0 Å². The fraction of sp³-hybridized carbons (Fsp3) is 0.800. The number of methoxy groups -OCH3 is 1. The van der Waals surface area contributed by atoms with E-state index in [1.54, 1.807) is 11.8 Å². The third-order valence-electron chi connectivity index (χ3n) is 3.75. The van der Waals surface area contributed by atoms with Gasteiger partial charge < -0.3 is 19.5 Å². The molecular formula is C15H27N3O3. The van der Waals surface area contributed by atoms with Crippen LogP contribution in [0.1, 0.15) is 30.5 Å². The van der Waals surface area contributed by atoms with Crippen molar-refractivity contribution in [2.45, 2.75) is 38.8 Å². The van der Waals surface area contributed by atoms with E-state index >= 15 is 0 Å². The number of aryl methyl sites for hydroxylation is 2. The minimum absolute atomic E-state index is 0.320. The highest BCUT2D eigenvalue weighted by molar-refractivity contribution is 5.30. The average molecular weight is 297 g/mol. The van der Waals surface area contributed by atoms with E-state index in [-0.39, 0.29) is 0 Å². The number of aromatic nitrogens is 2. The van der Waals surface area contributed by atoms with Gasteiger partial charge in [-0.3, -0.25) is 0 Å². The lowest BCUT2D eigenvalue weighted by atomic mass is 10.2. The Balaban J connectivity index is 1.57. The van der Waals surface area contributed by atoms with Crippen molar-refractivity contribution in [2.75, 3.05) is 33.5 Å². The zero-order chi connectivity index (χ0) is 15.1. The molecule has 0 spiro atoms. The Morgan fingerprint density at radius 2 is 2.33 bits per heavy atom. The summed E-state index contributed by atoms with van der Waals surface area (Å²) in [6.07, 6.45) is 3.62. The number of hydrogen-bond acceptors (Lipinski definition) is 5. The van der Waals surface area contributed by atoms with Crippen molar-refractivity contribution in [1.29, 1.82) is 0 Å². The highest BCUT2D eigenvalue weighted by atomic mass is 16.5. The minimum Gasteiger partial charge on any atom is -0.481 e. The summed E-state index contributed by atoms with van der Waals surface area (Å²) in [6.45, 7) is 6.09. The summed E-state index contributed by atoms with van der Waals surface area (Å²) in [7, 11) is 3.58. The van der Waals surface area contributed by atoms with Gasteiger partial charge in [-0.1, -0.05) is 0 Å². The van der Waals surface area contributed by atoms with E-state index in [1.165, 1.54) is 6.42 Å². The molecule has 1 unspecified atom stereocenters. The predicted octanol–water partition coefficient (Wildman–Crippen LogP) is 1.41. The van der Waals surface area contributed by atoms with E-state index < -0.39 is 0 Å². The normalized spacial score (nSPS) is 18.3. The molecule has 1 aliphatic rings. The summed E-state index contributed by atoms with van der Waals surface area (Å²) in [4.78, 5) is 0. The number of ether oxygens (including phenoxy) is 3. The van der Waals surface area contributed by atoms with Crippen LogP contribution in [0.4, 0.5) is 0 Å². The van der Waals surface area contributed by atoms with Gasteiger partial charge in [0.05, 0.1) is 31.1 Å². The summed E-state index contributed by atoms with van der Waals surface area (Å²) >= 11 is 0. The van der Waals surface area contributed by atoms with E-state index in [1.807, 2.05) is 14.0 Å². The summed E-state index contributed by atoms with van der Waals surface area (Å²) in [6, 6.07) is 0. The summed E-state index contributed by atoms with van der Waals surface area (Å²) < 4.78 is 18.3. The summed E-state index contributed by atoms with van der Waals surface area (Å²) in [5, 5.41) is 7.78. The van der Waals surface area contributed by atoms with Crippen LogP contribution in [0.5, 0.6) is 5.88 Å². The smallest absolute Gasteiger partial charge is 0.216 e. The lowest BCUT2D eigenvalue weighted by molar-refractivity contribution is 0.0166. The first-order valence-electron chi connectivity index (χ1n) is 7.69. The second-order valence-electron chi connectivity index (χ2n) is 5.44. The quantitative estimate of drug-likeness (QED) is 0.699. The molecule has 1 fully saturated rings. The molecule has 1 aromatic rings. The Kier molecular flexibility index (Phi) is 6.48. The largest absolute Gasteiger partial charge is 0.481 e. The van der Waals surface area contributed by atoms with Crippen molar-refractivity contribution in [3.63, 3.8) is 0 Å². The molecule has 1 N–H and O–H groups in total. The topological polar surface area (TPSA) is 57.5 Å². The van der Waals surface area contributed by atoms with Crippen LogP contribution in [-0.2, 0) is 23.1 Å². The predicted molar refractivity (Wildman–Crippen MR) is 80.6 cm³/mol. The van der Waals surface area contributed by atoms with Crippen LogP contribution < -0.4 is 10.1 Å². The van der Waals surface area contributed by atoms with Crippen LogP contribution in [0.3, 0.4) is 0 Å². The molecule has 1 aromatic heterocycles. The van der Waals surface area contributed by atoms with Crippen molar-refractivity contribution < 1.29 is 14.2 Å². The number of nitrogens with one attached hydrogen (secondary N) is 1. The molecule has 0 bridgehead atoms. The zero-order valence-electron chi connectivity index (χ0n) is 13.4. The molecule has 1 aliphatic heterocycles. The Morgan fingerprint density at radius 3 is 3.05 bits per heavy atom. The Morgan fingerprint density at radius 1 is 1.48 bits per heavy atom. The number of hydrogen-bond donors (Lipinski definition) is 1. The molecule has 0 saturated carbocycles. The van der Waals surface area contributed by atoms with Crippen LogP contribution in [0.25, 0.3) is 0 Å². The first-order valence-corrected chi connectivity index (χ1v) is 7.69. The molecule has 0 amide bonds. The van der Waals surface area contributed by atoms with Crippen molar-refractivity contribution >= 4 is 0 Å². The maximum atomic E-state index is 5.64. The molecule has 6 heteroatoms. The summed E-state index contributed by atoms with van der Waals surface area (Å²) in [5.74, 6) is 0.828. The molecule has 6 nitrogen and oxygen atoms in total. The summed E-state index contributed by atoms with van der Waals surface area (Å²) in [5.41, 5.74) is 2.14. The van der Waals surface area contributed by atoms with Crippen LogP contribution in [0.2, 0.25) is 0 Å². The highest BCUT2D eigenvalue weighted by Gasteiger charge is 2.15. The van der Waals surface area contributed by atoms with Gasteiger partial charge in [0.2, 0.25) is 5.88 Å². The van der Waals surface area contributed by atoms with Crippen LogP contribution >= 0.6 is 0 Å². The van der Waals surface area contributed by atoms with Gasteiger partial charge in [-0.15, -0.1) is 0 Å². The lowest BCUT2D eigenvalue weighted by Crippen LogP contribution is -2.19. The van der Waals surface area contributed by atoms with Gasteiger partial charge in [-0.05, 0) is 32.7 Å². The molecule has 0 radical (unpaired) electrons. The fourth-order valence-electron chi connectivity index (χ4n) is 2.64. The monoisotopic (exact) mass is 297 g/mol. The van der Waals surface area contributed by atoms with E-state index in [2.05, 4.69) is 10.4 Å². The molecule has 0 aromatic carbocycles. The van der Waals surface area contributed by atoms with Gasteiger partial charge in [0.1, 0.15) is 0 Å². The molecular weight excluding hydrogens is 270 g/mol. The molecule has 1 saturated heterocycles. The molecule has 2 heterocycles.